The summed E-state index contributed by atoms with van der Waals surface area (Å²) in [5, 5.41) is 2.77. The molecular weight excluding hydrogens is 302 g/mol. The first kappa shape index (κ1) is 18.5. The summed E-state index contributed by atoms with van der Waals surface area (Å²) < 4.78 is 0. The van der Waals surface area contributed by atoms with Gasteiger partial charge in [0, 0.05) is 26.2 Å². The number of amides is 2. The van der Waals surface area contributed by atoms with Crippen molar-refractivity contribution in [1.29, 1.82) is 0 Å². The van der Waals surface area contributed by atoms with Crippen LogP contribution >= 0.6 is 0 Å². The Balaban J connectivity index is 1.92. The van der Waals surface area contributed by atoms with Gasteiger partial charge in [-0.2, -0.15) is 0 Å². The van der Waals surface area contributed by atoms with Crippen molar-refractivity contribution in [2.75, 3.05) is 32.7 Å². The van der Waals surface area contributed by atoms with E-state index in [-0.39, 0.29) is 24.3 Å². The van der Waals surface area contributed by atoms with Gasteiger partial charge in [-0.1, -0.05) is 30.3 Å². The maximum absolute atomic E-state index is 12.8. The van der Waals surface area contributed by atoms with Gasteiger partial charge in [-0.25, -0.2) is 0 Å². The Hall–Kier alpha value is -1.88. The third-order valence-electron chi connectivity index (χ3n) is 4.51. The molecule has 1 unspecified atom stereocenters. The minimum Gasteiger partial charge on any atom is -0.355 e. The van der Waals surface area contributed by atoms with Crippen LogP contribution in [0.4, 0.5) is 0 Å². The Labute approximate surface area is 145 Å². The van der Waals surface area contributed by atoms with Gasteiger partial charge >= 0.3 is 0 Å². The molecule has 1 aromatic rings. The highest BCUT2D eigenvalue weighted by Gasteiger charge is 2.29. The maximum Gasteiger partial charge on any atom is 0.239 e. The zero-order valence-electron chi connectivity index (χ0n) is 14.8. The van der Waals surface area contributed by atoms with Crippen molar-refractivity contribution in [2.45, 2.75) is 33.2 Å². The molecule has 0 aromatic heterocycles. The molecule has 1 aliphatic rings. The van der Waals surface area contributed by atoms with Crippen molar-refractivity contribution in [3.8, 4) is 0 Å². The fourth-order valence-corrected chi connectivity index (χ4v) is 3.27. The lowest BCUT2D eigenvalue weighted by Crippen LogP contribution is -2.47. The predicted molar refractivity (Wildman–Crippen MR) is 95.4 cm³/mol. The van der Waals surface area contributed by atoms with Crippen LogP contribution in [0.3, 0.4) is 0 Å². The second-order valence-electron chi connectivity index (χ2n) is 6.37. The van der Waals surface area contributed by atoms with Gasteiger partial charge in [0.05, 0.1) is 12.5 Å². The molecule has 0 aliphatic carbocycles. The van der Waals surface area contributed by atoms with Crippen molar-refractivity contribution >= 4 is 11.8 Å². The normalized spacial score (nSPS) is 18.2. The second-order valence-corrected chi connectivity index (χ2v) is 6.37. The molecule has 1 N–H and O–H groups in total. The molecule has 1 aromatic carbocycles. The Kier molecular flexibility index (Phi) is 7.25. The standard InChI is InChI=1S/C19H29N3O2/c1-3-20-18(23)15-22(4-2)19(24)17-11-8-12-21(14-17)13-16-9-6-5-7-10-16/h5-7,9-10,17H,3-4,8,11-15H2,1-2H3,(H,20,23). The number of piperidine rings is 1. The summed E-state index contributed by atoms with van der Waals surface area (Å²) in [5.41, 5.74) is 1.28. The zero-order chi connectivity index (χ0) is 17.4. The van der Waals surface area contributed by atoms with E-state index in [0.29, 0.717) is 13.1 Å². The van der Waals surface area contributed by atoms with Gasteiger partial charge in [-0.3, -0.25) is 14.5 Å². The van der Waals surface area contributed by atoms with Gasteiger partial charge in [-0.05, 0) is 38.8 Å². The van der Waals surface area contributed by atoms with E-state index in [1.54, 1.807) is 4.90 Å². The molecule has 0 spiro atoms. The van der Waals surface area contributed by atoms with Crippen LogP contribution in [0, 0.1) is 5.92 Å². The van der Waals surface area contributed by atoms with Crippen molar-refractivity contribution < 1.29 is 9.59 Å². The van der Waals surface area contributed by atoms with Crippen LogP contribution in [0.1, 0.15) is 32.3 Å². The quantitative estimate of drug-likeness (QED) is 0.830. The van der Waals surface area contributed by atoms with E-state index in [9.17, 15) is 9.59 Å². The predicted octanol–water partition coefficient (Wildman–Crippen LogP) is 1.88. The summed E-state index contributed by atoms with van der Waals surface area (Å²) in [6, 6.07) is 10.4. The minimum absolute atomic E-state index is 0.00293. The molecule has 5 heteroatoms. The lowest BCUT2D eigenvalue weighted by atomic mass is 9.96. The molecule has 1 fully saturated rings. The molecule has 0 saturated carbocycles. The molecule has 1 saturated heterocycles. The number of likely N-dealkylation sites (tertiary alicyclic amines) is 1. The molecule has 0 bridgehead atoms. The summed E-state index contributed by atoms with van der Waals surface area (Å²) in [6.07, 6.45) is 1.94. The first-order chi connectivity index (χ1) is 11.6. The molecule has 1 aliphatic heterocycles. The number of nitrogens with zero attached hydrogens (tertiary/aromatic N) is 2. The molecule has 0 radical (unpaired) electrons. The number of hydrogen-bond acceptors (Lipinski definition) is 3. The number of likely N-dealkylation sites (N-methyl/N-ethyl adjacent to an activating group) is 2. The maximum atomic E-state index is 12.8. The minimum atomic E-state index is -0.0790. The van der Waals surface area contributed by atoms with E-state index in [0.717, 1.165) is 32.5 Å². The van der Waals surface area contributed by atoms with Crippen LogP contribution in [-0.2, 0) is 16.1 Å². The van der Waals surface area contributed by atoms with Gasteiger partial charge < -0.3 is 10.2 Å². The second kappa shape index (κ2) is 9.42. The Morgan fingerprint density at radius 3 is 2.67 bits per heavy atom. The van der Waals surface area contributed by atoms with Crippen LogP contribution in [0.15, 0.2) is 30.3 Å². The van der Waals surface area contributed by atoms with Crippen molar-refractivity contribution in [3.63, 3.8) is 0 Å². The van der Waals surface area contributed by atoms with Crippen molar-refractivity contribution in [3.05, 3.63) is 35.9 Å². The lowest BCUT2D eigenvalue weighted by Gasteiger charge is -2.34. The number of carbonyl (C=O) groups is 2. The molecule has 5 nitrogen and oxygen atoms in total. The van der Waals surface area contributed by atoms with Gasteiger partial charge in [-0.15, -0.1) is 0 Å². The summed E-state index contributed by atoms with van der Waals surface area (Å²) >= 11 is 0. The van der Waals surface area contributed by atoms with Crippen LogP contribution in [0.2, 0.25) is 0 Å². The van der Waals surface area contributed by atoms with E-state index in [1.807, 2.05) is 32.0 Å². The molecule has 1 heterocycles. The first-order valence-electron chi connectivity index (χ1n) is 8.95. The third-order valence-corrected chi connectivity index (χ3v) is 4.51. The van der Waals surface area contributed by atoms with Crippen LogP contribution < -0.4 is 5.32 Å². The summed E-state index contributed by atoms with van der Waals surface area (Å²) in [7, 11) is 0. The average Bonchev–Trinajstić information content (AvgIpc) is 2.60. The fourth-order valence-electron chi connectivity index (χ4n) is 3.27. The third kappa shape index (κ3) is 5.34. The number of benzene rings is 1. The zero-order valence-corrected chi connectivity index (χ0v) is 14.8. The van der Waals surface area contributed by atoms with Gasteiger partial charge in [0.2, 0.25) is 11.8 Å². The number of rotatable bonds is 7. The molecule has 2 amide bonds. The lowest BCUT2D eigenvalue weighted by molar-refractivity contribution is -0.140. The smallest absolute Gasteiger partial charge is 0.239 e. The van der Waals surface area contributed by atoms with Crippen LogP contribution in [-0.4, -0.2) is 54.3 Å². The number of nitrogens with one attached hydrogen (secondary N) is 1. The van der Waals surface area contributed by atoms with E-state index < -0.39 is 0 Å². The van der Waals surface area contributed by atoms with E-state index in [1.165, 1.54) is 5.56 Å². The molecule has 132 valence electrons. The topological polar surface area (TPSA) is 52.7 Å². The van der Waals surface area contributed by atoms with E-state index in [2.05, 4.69) is 22.3 Å². The summed E-state index contributed by atoms with van der Waals surface area (Å²) in [5.74, 6) is 0.0306. The molecule has 2 rings (SSSR count). The average molecular weight is 331 g/mol. The summed E-state index contributed by atoms with van der Waals surface area (Å²) in [4.78, 5) is 28.6. The molecule has 24 heavy (non-hydrogen) atoms. The van der Waals surface area contributed by atoms with E-state index in [4.69, 9.17) is 0 Å². The Morgan fingerprint density at radius 1 is 1.25 bits per heavy atom. The van der Waals surface area contributed by atoms with Crippen molar-refractivity contribution in [2.24, 2.45) is 5.92 Å². The highest BCUT2D eigenvalue weighted by atomic mass is 16.2. The number of carbonyl (C=O) groups excluding carboxylic acids is 2. The Morgan fingerprint density at radius 2 is 2.00 bits per heavy atom. The molecular formula is C19H29N3O2. The SMILES string of the molecule is CCNC(=O)CN(CC)C(=O)C1CCCN(Cc2ccccc2)C1. The molecule has 1 atom stereocenters. The monoisotopic (exact) mass is 331 g/mol. The van der Waals surface area contributed by atoms with Gasteiger partial charge in [0.15, 0.2) is 0 Å². The fraction of sp³-hybridized carbons (Fsp3) is 0.579. The number of hydrogen-bond donors (Lipinski definition) is 1. The summed E-state index contributed by atoms with van der Waals surface area (Å²) in [6.45, 7) is 7.84. The first-order valence-corrected chi connectivity index (χ1v) is 8.95. The highest BCUT2D eigenvalue weighted by molar-refractivity contribution is 5.86. The van der Waals surface area contributed by atoms with Gasteiger partial charge in [0.25, 0.3) is 0 Å². The van der Waals surface area contributed by atoms with E-state index >= 15 is 0 Å². The van der Waals surface area contributed by atoms with Crippen LogP contribution in [0.5, 0.6) is 0 Å². The largest absolute Gasteiger partial charge is 0.355 e. The van der Waals surface area contributed by atoms with Crippen LogP contribution in [0.25, 0.3) is 0 Å². The Bertz CT molecular complexity index is 533. The highest BCUT2D eigenvalue weighted by Crippen LogP contribution is 2.20. The van der Waals surface area contributed by atoms with Gasteiger partial charge in [0.1, 0.15) is 0 Å². The van der Waals surface area contributed by atoms with Crippen molar-refractivity contribution in [1.82, 2.24) is 15.1 Å².